The van der Waals surface area contributed by atoms with Crippen LogP contribution >= 0.6 is 0 Å². The predicted molar refractivity (Wildman–Crippen MR) is 77.5 cm³/mol. The zero-order valence-corrected chi connectivity index (χ0v) is 12.5. The number of phenolic OH excluding ortho intramolecular Hbond substituents is 1. The minimum Gasteiger partial charge on any atom is -0.507 e. The van der Waals surface area contributed by atoms with E-state index in [0.717, 1.165) is 7.11 Å². The Labute approximate surface area is 131 Å². The molecule has 7 nitrogen and oxygen atoms in total. The number of aliphatic hydroxyl groups is 1. The van der Waals surface area contributed by atoms with Gasteiger partial charge in [-0.1, -0.05) is 6.07 Å². The molecule has 0 fully saturated rings. The van der Waals surface area contributed by atoms with Gasteiger partial charge in [0, 0.05) is 6.42 Å². The van der Waals surface area contributed by atoms with Gasteiger partial charge in [-0.05, 0) is 24.6 Å². The van der Waals surface area contributed by atoms with E-state index in [1.165, 1.54) is 24.5 Å². The number of cyclic esters (lactones) is 1. The quantitative estimate of drug-likeness (QED) is 0.761. The topological polar surface area (TPSA) is 102 Å². The molecule has 2 heterocycles. The van der Waals surface area contributed by atoms with Crippen molar-refractivity contribution >= 4 is 17.7 Å². The van der Waals surface area contributed by atoms with Crippen LogP contribution in [-0.4, -0.2) is 34.9 Å². The van der Waals surface area contributed by atoms with E-state index < -0.39 is 28.9 Å². The van der Waals surface area contributed by atoms with Crippen molar-refractivity contribution in [1.29, 1.82) is 0 Å². The summed E-state index contributed by atoms with van der Waals surface area (Å²) in [6.45, 7) is 1.65. The molecule has 0 bridgehead atoms. The number of benzene rings is 1. The van der Waals surface area contributed by atoms with Crippen molar-refractivity contribution in [2.24, 2.45) is 0 Å². The van der Waals surface area contributed by atoms with E-state index in [1.54, 1.807) is 6.92 Å². The van der Waals surface area contributed by atoms with Gasteiger partial charge in [0.2, 0.25) is 5.60 Å². The minimum atomic E-state index is -1.87. The number of methoxy groups -OCH3 is 1. The Morgan fingerprint density at radius 1 is 1.35 bits per heavy atom. The van der Waals surface area contributed by atoms with Crippen molar-refractivity contribution in [1.82, 2.24) is 0 Å². The lowest BCUT2D eigenvalue weighted by atomic mass is 9.83. The number of carbonyl (C=O) groups excluding carboxylic acids is 2. The lowest BCUT2D eigenvalue weighted by Gasteiger charge is -2.36. The number of phenols is 1. The summed E-state index contributed by atoms with van der Waals surface area (Å²) in [6, 6.07) is 4.30. The number of hydrogen-bond acceptors (Lipinski definition) is 7. The highest BCUT2D eigenvalue weighted by atomic mass is 16.6. The van der Waals surface area contributed by atoms with Crippen LogP contribution in [0, 0.1) is 0 Å². The van der Waals surface area contributed by atoms with E-state index in [-0.39, 0.29) is 23.5 Å². The van der Waals surface area contributed by atoms with Crippen LogP contribution in [0.15, 0.2) is 35.6 Å². The van der Waals surface area contributed by atoms with Crippen LogP contribution in [0.2, 0.25) is 0 Å². The molecule has 2 aliphatic rings. The maximum atomic E-state index is 12.4. The van der Waals surface area contributed by atoms with Crippen LogP contribution in [-0.2, 0) is 19.1 Å². The molecule has 0 unspecified atom stereocenters. The number of aliphatic hydroxyl groups excluding tert-OH is 1. The molecule has 0 radical (unpaired) electrons. The van der Waals surface area contributed by atoms with Crippen LogP contribution in [0.1, 0.15) is 18.9 Å². The summed E-state index contributed by atoms with van der Waals surface area (Å²) >= 11 is 0. The van der Waals surface area contributed by atoms with Gasteiger partial charge in [-0.3, -0.25) is 0 Å². The third kappa shape index (κ3) is 2.04. The molecule has 0 aromatic heterocycles. The second-order valence-electron chi connectivity index (χ2n) is 5.34. The van der Waals surface area contributed by atoms with E-state index in [4.69, 9.17) is 14.2 Å². The summed E-state index contributed by atoms with van der Waals surface area (Å²) in [5, 5.41) is 20.5. The molecule has 23 heavy (non-hydrogen) atoms. The Morgan fingerprint density at radius 2 is 2.09 bits per heavy atom. The second-order valence-corrected chi connectivity index (χ2v) is 5.34. The molecule has 2 N–H and O–H groups in total. The van der Waals surface area contributed by atoms with E-state index in [9.17, 15) is 19.8 Å². The Bertz CT molecular complexity index is 775. The number of carbonyl (C=O) groups is 2. The monoisotopic (exact) mass is 318 g/mol. The summed E-state index contributed by atoms with van der Waals surface area (Å²) < 4.78 is 15.5. The summed E-state index contributed by atoms with van der Waals surface area (Å²) in [4.78, 5) is 24.7. The van der Waals surface area contributed by atoms with Crippen LogP contribution in [0.3, 0.4) is 0 Å². The number of ether oxygens (including phenoxy) is 3. The molecule has 1 aromatic carbocycles. The molecule has 1 aromatic rings. The SMILES string of the molecule is COC(=O)[C@@]12CC(C)=COC(=O)C1=C(O)c1c(O)cccc1O2. The Kier molecular flexibility index (Phi) is 3.28. The van der Waals surface area contributed by atoms with Gasteiger partial charge in [-0.25, -0.2) is 9.59 Å². The number of hydrogen-bond donors (Lipinski definition) is 2. The Hall–Kier alpha value is -2.96. The van der Waals surface area contributed by atoms with Gasteiger partial charge in [0.1, 0.15) is 28.4 Å². The zero-order valence-electron chi connectivity index (χ0n) is 12.5. The van der Waals surface area contributed by atoms with Crippen molar-refractivity contribution in [3.05, 3.63) is 41.2 Å². The first-order chi connectivity index (χ1) is 10.9. The largest absolute Gasteiger partial charge is 0.507 e. The molecule has 0 spiro atoms. The number of aromatic hydroxyl groups is 1. The second kappa shape index (κ2) is 5.05. The van der Waals surface area contributed by atoms with Crippen molar-refractivity contribution in [2.45, 2.75) is 18.9 Å². The van der Waals surface area contributed by atoms with Gasteiger partial charge in [0.05, 0.1) is 13.4 Å². The fourth-order valence-corrected chi connectivity index (χ4v) is 2.81. The fraction of sp³-hybridized carbons (Fsp3) is 0.250. The summed E-state index contributed by atoms with van der Waals surface area (Å²) in [5.41, 5.74) is -1.78. The minimum absolute atomic E-state index is 0.0418. The molecule has 0 aliphatic carbocycles. The van der Waals surface area contributed by atoms with Crippen molar-refractivity contribution in [2.75, 3.05) is 7.11 Å². The predicted octanol–water partition coefficient (Wildman–Crippen LogP) is 1.82. The van der Waals surface area contributed by atoms with Crippen molar-refractivity contribution in [3.8, 4) is 11.5 Å². The normalized spacial score (nSPS) is 22.9. The third-order valence-electron chi connectivity index (χ3n) is 3.78. The van der Waals surface area contributed by atoms with Gasteiger partial charge < -0.3 is 24.4 Å². The first-order valence-electron chi connectivity index (χ1n) is 6.81. The number of rotatable bonds is 1. The average molecular weight is 318 g/mol. The van der Waals surface area contributed by atoms with Crippen LogP contribution in [0.25, 0.3) is 5.76 Å². The molecule has 120 valence electrons. The van der Waals surface area contributed by atoms with Crippen LogP contribution in [0.5, 0.6) is 11.5 Å². The molecular formula is C16H14O7. The highest BCUT2D eigenvalue weighted by Gasteiger charge is 2.56. The molecule has 0 saturated heterocycles. The molecule has 7 heteroatoms. The summed E-state index contributed by atoms with van der Waals surface area (Å²) in [6.07, 6.45) is 1.15. The van der Waals surface area contributed by atoms with Gasteiger partial charge in [0.15, 0.2) is 0 Å². The zero-order chi connectivity index (χ0) is 16.8. The molecule has 2 aliphatic heterocycles. The molecule has 1 atom stereocenters. The smallest absolute Gasteiger partial charge is 0.355 e. The van der Waals surface area contributed by atoms with Crippen LogP contribution in [0.4, 0.5) is 0 Å². The standard InChI is InChI=1S/C16H14O7/c1-8-6-16(15(20)21-2)12(14(19)22-7-8)13(18)11-9(17)4-3-5-10(11)23-16/h3-5,7,17-18H,6H2,1-2H3/t16-/m1/s1. The highest BCUT2D eigenvalue weighted by Crippen LogP contribution is 2.47. The Balaban J connectivity index is 2.34. The first-order valence-corrected chi connectivity index (χ1v) is 6.81. The van der Waals surface area contributed by atoms with Crippen molar-refractivity contribution in [3.63, 3.8) is 0 Å². The highest BCUT2D eigenvalue weighted by molar-refractivity contribution is 6.08. The first kappa shape index (κ1) is 15.0. The molecule has 0 amide bonds. The maximum Gasteiger partial charge on any atom is 0.355 e. The van der Waals surface area contributed by atoms with Gasteiger partial charge in [0.25, 0.3) is 0 Å². The maximum absolute atomic E-state index is 12.4. The lowest BCUT2D eigenvalue weighted by Crippen LogP contribution is -2.51. The van der Waals surface area contributed by atoms with E-state index in [0.29, 0.717) is 5.57 Å². The van der Waals surface area contributed by atoms with E-state index >= 15 is 0 Å². The summed E-state index contributed by atoms with van der Waals surface area (Å²) in [5.74, 6) is -2.58. The number of esters is 2. The molecule has 0 saturated carbocycles. The molecule has 3 rings (SSSR count). The third-order valence-corrected chi connectivity index (χ3v) is 3.78. The van der Waals surface area contributed by atoms with Crippen molar-refractivity contribution < 1.29 is 34.0 Å². The van der Waals surface area contributed by atoms with E-state index in [2.05, 4.69) is 0 Å². The average Bonchev–Trinajstić information content (AvgIpc) is 2.64. The van der Waals surface area contributed by atoms with Gasteiger partial charge in [-0.15, -0.1) is 0 Å². The fourth-order valence-electron chi connectivity index (χ4n) is 2.81. The number of fused-ring (bicyclic) bond motifs is 2. The van der Waals surface area contributed by atoms with Crippen LogP contribution < -0.4 is 4.74 Å². The summed E-state index contributed by atoms with van der Waals surface area (Å²) in [7, 11) is 1.16. The Morgan fingerprint density at radius 3 is 2.78 bits per heavy atom. The molecular weight excluding hydrogens is 304 g/mol. The van der Waals surface area contributed by atoms with Gasteiger partial charge >= 0.3 is 11.9 Å². The van der Waals surface area contributed by atoms with E-state index in [1.807, 2.05) is 0 Å². The lowest BCUT2D eigenvalue weighted by molar-refractivity contribution is -0.158. The van der Waals surface area contributed by atoms with Gasteiger partial charge in [-0.2, -0.15) is 0 Å².